The Morgan fingerprint density at radius 1 is 1.20 bits per heavy atom. The molecular formula is C10H14BNO3. The highest BCUT2D eigenvalue weighted by molar-refractivity contribution is 6.58. The number of hydrogen-bond acceptors (Lipinski definition) is 4. The van der Waals surface area contributed by atoms with Crippen LogP contribution in [0.1, 0.15) is 5.56 Å². The molecule has 1 aromatic carbocycles. The first kappa shape index (κ1) is 10.6. The van der Waals surface area contributed by atoms with Crippen LogP contribution >= 0.6 is 0 Å². The molecule has 1 saturated heterocycles. The van der Waals surface area contributed by atoms with Gasteiger partial charge in [-0.15, -0.1) is 0 Å². The molecule has 0 radical (unpaired) electrons. The molecule has 0 unspecified atom stereocenters. The fourth-order valence-corrected chi connectivity index (χ4v) is 1.73. The number of benzene rings is 1. The van der Waals surface area contributed by atoms with E-state index in [1.807, 2.05) is 12.1 Å². The Kier molecular flexibility index (Phi) is 3.07. The van der Waals surface area contributed by atoms with E-state index < -0.39 is 7.12 Å². The predicted octanol–water partition coefficient (Wildman–Crippen LogP) is -1.46. The van der Waals surface area contributed by atoms with Crippen molar-refractivity contribution in [2.75, 3.05) is 13.1 Å². The summed E-state index contributed by atoms with van der Waals surface area (Å²) in [6.07, 6.45) is -0.177. The molecule has 0 atom stereocenters. The lowest BCUT2D eigenvalue weighted by molar-refractivity contribution is -0.00286. The summed E-state index contributed by atoms with van der Waals surface area (Å²) in [6.45, 7) is 2.26. The minimum absolute atomic E-state index is 0.177. The van der Waals surface area contributed by atoms with Gasteiger partial charge in [0.25, 0.3) is 0 Å². The fraction of sp³-hybridized carbons (Fsp3) is 0.400. The highest BCUT2D eigenvalue weighted by atomic mass is 16.4. The zero-order valence-corrected chi connectivity index (χ0v) is 8.37. The molecule has 0 amide bonds. The smallest absolute Gasteiger partial charge is 0.423 e. The van der Waals surface area contributed by atoms with Gasteiger partial charge in [-0.2, -0.15) is 0 Å². The molecule has 4 nitrogen and oxygen atoms in total. The Balaban J connectivity index is 1.92. The zero-order valence-electron chi connectivity index (χ0n) is 8.37. The summed E-state index contributed by atoms with van der Waals surface area (Å²) < 4.78 is 0. The van der Waals surface area contributed by atoms with Crippen LogP contribution in [0, 0.1) is 0 Å². The van der Waals surface area contributed by atoms with E-state index in [2.05, 4.69) is 4.90 Å². The molecule has 2 rings (SSSR count). The number of likely N-dealkylation sites (tertiary alicyclic amines) is 1. The van der Waals surface area contributed by atoms with Crippen molar-refractivity contribution in [3.05, 3.63) is 29.8 Å². The van der Waals surface area contributed by atoms with E-state index >= 15 is 0 Å². The lowest BCUT2D eigenvalue weighted by atomic mass is 9.80. The molecule has 0 aromatic heterocycles. The first-order chi connectivity index (χ1) is 7.15. The molecule has 0 aliphatic carbocycles. The molecule has 0 saturated carbocycles. The van der Waals surface area contributed by atoms with E-state index in [1.165, 1.54) is 0 Å². The largest absolute Gasteiger partial charge is 0.488 e. The maximum Gasteiger partial charge on any atom is 0.488 e. The van der Waals surface area contributed by atoms with Crippen molar-refractivity contribution in [1.82, 2.24) is 4.90 Å². The van der Waals surface area contributed by atoms with Crippen LogP contribution in [-0.4, -0.2) is 46.4 Å². The second-order valence-electron chi connectivity index (χ2n) is 3.96. The standard InChI is InChI=1S/C10H14BNO3/c13-10-6-12(7-10)5-8-1-3-9(4-2-8)11(14)15/h1-4,10,13-15H,5-7H2. The first-order valence-corrected chi connectivity index (χ1v) is 5.00. The van der Waals surface area contributed by atoms with E-state index in [0.29, 0.717) is 5.46 Å². The van der Waals surface area contributed by atoms with E-state index in [9.17, 15) is 0 Å². The summed E-state index contributed by atoms with van der Waals surface area (Å²) in [6, 6.07) is 7.16. The summed E-state index contributed by atoms with van der Waals surface area (Å²) in [5, 5.41) is 26.9. The van der Waals surface area contributed by atoms with Crippen LogP contribution in [0.25, 0.3) is 0 Å². The Labute approximate surface area is 88.9 Å². The van der Waals surface area contributed by atoms with Crippen molar-refractivity contribution in [2.24, 2.45) is 0 Å². The van der Waals surface area contributed by atoms with Crippen molar-refractivity contribution < 1.29 is 15.2 Å². The van der Waals surface area contributed by atoms with Gasteiger partial charge in [-0.25, -0.2) is 0 Å². The third-order valence-corrected chi connectivity index (χ3v) is 2.62. The number of hydrogen-bond donors (Lipinski definition) is 3. The van der Waals surface area contributed by atoms with Crippen molar-refractivity contribution in [2.45, 2.75) is 12.6 Å². The highest BCUT2D eigenvalue weighted by Crippen LogP contribution is 2.11. The average molecular weight is 207 g/mol. The van der Waals surface area contributed by atoms with E-state index in [4.69, 9.17) is 15.2 Å². The van der Waals surface area contributed by atoms with Crippen molar-refractivity contribution in [1.29, 1.82) is 0 Å². The Bertz CT molecular complexity index is 322. The summed E-state index contributed by atoms with van der Waals surface area (Å²) in [5.41, 5.74) is 1.62. The highest BCUT2D eigenvalue weighted by Gasteiger charge is 2.23. The molecule has 1 aliphatic heterocycles. The summed E-state index contributed by atoms with van der Waals surface area (Å²) in [5.74, 6) is 0. The second kappa shape index (κ2) is 4.32. The van der Waals surface area contributed by atoms with Gasteiger partial charge in [-0.1, -0.05) is 24.3 Å². The SMILES string of the molecule is OB(O)c1ccc(CN2CC(O)C2)cc1. The van der Waals surface area contributed by atoms with E-state index in [0.717, 1.165) is 25.2 Å². The third-order valence-electron chi connectivity index (χ3n) is 2.62. The predicted molar refractivity (Wildman–Crippen MR) is 57.6 cm³/mol. The quantitative estimate of drug-likeness (QED) is 0.530. The van der Waals surface area contributed by atoms with Crippen molar-refractivity contribution in [3.8, 4) is 0 Å². The van der Waals surface area contributed by atoms with Gasteiger partial charge in [0.1, 0.15) is 0 Å². The topological polar surface area (TPSA) is 63.9 Å². The Morgan fingerprint density at radius 2 is 1.80 bits per heavy atom. The van der Waals surface area contributed by atoms with Crippen LogP contribution in [0.2, 0.25) is 0 Å². The van der Waals surface area contributed by atoms with Gasteiger partial charge >= 0.3 is 7.12 Å². The molecule has 0 bridgehead atoms. The molecule has 3 N–H and O–H groups in total. The molecule has 1 fully saturated rings. The van der Waals surface area contributed by atoms with E-state index in [1.54, 1.807) is 12.1 Å². The van der Waals surface area contributed by atoms with Gasteiger partial charge in [0.15, 0.2) is 0 Å². The second-order valence-corrected chi connectivity index (χ2v) is 3.96. The van der Waals surface area contributed by atoms with Crippen molar-refractivity contribution >= 4 is 12.6 Å². The number of β-amino-alcohol motifs (C(OH)–C–C–N with tert-alkyl or cyclic N) is 1. The molecule has 1 aliphatic rings. The maximum atomic E-state index is 9.11. The monoisotopic (exact) mass is 207 g/mol. The van der Waals surface area contributed by atoms with E-state index in [-0.39, 0.29) is 6.10 Å². The summed E-state index contributed by atoms with van der Waals surface area (Å²) in [4.78, 5) is 2.13. The van der Waals surface area contributed by atoms with Gasteiger partial charge in [0, 0.05) is 19.6 Å². The van der Waals surface area contributed by atoms with Crippen LogP contribution in [0.5, 0.6) is 0 Å². The minimum atomic E-state index is -1.40. The molecular weight excluding hydrogens is 193 g/mol. The average Bonchev–Trinajstić information content (AvgIpc) is 2.16. The van der Waals surface area contributed by atoms with Crippen LogP contribution in [0.4, 0.5) is 0 Å². The molecule has 5 heteroatoms. The number of rotatable bonds is 3. The number of aliphatic hydroxyl groups is 1. The van der Waals surface area contributed by atoms with Gasteiger partial charge in [0.05, 0.1) is 6.10 Å². The zero-order chi connectivity index (χ0) is 10.8. The van der Waals surface area contributed by atoms with Gasteiger partial charge in [-0.3, -0.25) is 4.90 Å². The van der Waals surface area contributed by atoms with Crippen LogP contribution in [0.15, 0.2) is 24.3 Å². The summed E-state index contributed by atoms with van der Waals surface area (Å²) in [7, 11) is -1.40. The van der Waals surface area contributed by atoms with Crippen LogP contribution in [-0.2, 0) is 6.54 Å². The van der Waals surface area contributed by atoms with Crippen LogP contribution in [0.3, 0.4) is 0 Å². The molecule has 80 valence electrons. The fourth-order valence-electron chi connectivity index (χ4n) is 1.73. The minimum Gasteiger partial charge on any atom is -0.423 e. The Morgan fingerprint density at radius 3 is 2.27 bits per heavy atom. The molecule has 1 heterocycles. The normalized spacial score (nSPS) is 17.5. The first-order valence-electron chi connectivity index (χ1n) is 5.00. The Hall–Kier alpha value is -0.875. The molecule has 0 spiro atoms. The van der Waals surface area contributed by atoms with Gasteiger partial charge in [0.2, 0.25) is 0 Å². The lowest BCUT2D eigenvalue weighted by Gasteiger charge is -2.35. The maximum absolute atomic E-state index is 9.11. The number of nitrogens with zero attached hydrogens (tertiary/aromatic N) is 1. The van der Waals surface area contributed by atoms with Crippen LogP contribution < -0.4 is 5.46 Å². The summed E-state index contributed by atoms with van der Waals surface area (Å²) >= 11 is 0. The van der Waals surface area contributed by atoms with Crippen molar-refractivity contribution in [3.63, 3.8) is 0 Å². The lowest BCUT2D eigenvalue weighted by Crippen LogP contribution is -2.49. The number of aliphatic hydroxyl groups excluding tert-OH is 1. The molecule has 15 heavy (non-hydrogen) atoms. The third kappa shape index (κ3) is 2.57. The van der Waals surface area contributed by atoms with Gasteiger partial charge in [-0.05, 0) is 11.0 Å². The van der Waals surface area contributed by atoms with Gasteiger partial charge < -0.3 is 15.2 Å². The molecule has 1 aromatic rings.